The second-order valence-corrected chi connectivity index (χ2v) is 5.87. The van der Waals surface area contributed by atoms with Crippen LogP contribution in [0.3, 0.4) is 0 Å². The smallest absolute Gasteiger partial charge is 0.161 e. The van der Waals surface area contributed by atoms with Crippen molar-refractivity contribution in [3.63, 3.8) is 0 Å². The van der Waals surface area contributed by atoms with Gasteiger partial charge in [0.05, 0.1) is 20.3 Å². The SMILES string of the molecule is COc1cc(Br)c(C(O)Cc2ccc(Cl)cc2)cc1OC. The zero-order valence-electron chi connectivity index (χ0n) is 11.8. The van der Waals surface area contributed by atoms with E-state index >= 15 is 0 Å². The molecule has 0 radical (unpaired) electrons. The molecule has 112 valence electrons. The van der Waals surface area contributed by atoms with Crippen LogP contribution in [0.1, 0.15) is 17.2 Å². The summed E-state index contributed by atoms with van der Waals surface area (Å²) < 4.78 is 11.3. The van der Waals surface area contributed by atoms with Gasteiger partial charge in [-0.05, 0) is 35.4 Å². The van der Waals surface area contributed by atoms with E-state index in [0.29, 0.717) is 22.9 Å². The van der Waals surface area contributed by atoms with Crippen LogP contribution in [0.15, 0.2) is 40.9 Å². The molecule has 0 saturated carbocycles. The Morgan fingerprint density at radius 3 is 2.24 bits per heavy atom. The van der Waals surface area contributed by atoms with Crippen molar-refractivity contribution in [3.8, 4) is 11.5 Å². The first kappa shape index (κ1) is 16.1. The largest absolute Gasteiger partial charge is 0.493 e. The third-order valence-electron chi connectivity index (χ3n) is 3.20. The van der Waals surface area contributed by atoms with Crippen LogP contribution in [0, 0.1) is 0 Å². The van der Waals surface area contributed by atoms with E-state index < -0.39 is 6.10 Å². The highest BCUT2D eigenvalue weighted by atomic mass is 79.9. The monoisotopic (exact) mass is 370 g/mol. The summed E-state index contributed by atoms with van der Waals surface area (Å²) in [6, 6.07) is 11.0. The molecule has 0 bridgehead atoms. The molecule has 3 nitrogen and oxygen atoms in total. The minimum atomic E-state index is -0.652. The zero-order chi connectivity index (χ0) is 15.4. The Balaban J connectivity index is 2.26. The second kappa shape index (κ2) is 7.16. The van der Waals surface area contributed by atoms with Gasteiger partial charge in [0.15, 0.2) is 11.5 Å². The molecule has 0 fully saturated rings. The van der Waals surface area contributed by atoms with Gasteiger partial charge in [0, 0.05) is 15.9 Å². The molecule has 2 aromatic carbocycles. The predicted octanol–water partition coefficient (Wildman–Crippen LogP) is 4.40. The van der Waals surface area contributed by atoms with Crippen molar-refractivity contribution in [3.05, 3.63) is 57.0 Å². The van der Waals surface area contributed by atoms with E-state index in [1.54, 1.807) is 26.4 Å². The summed E-state index contributed by atoms with van der Waals surface area (Å²) in [7, 11) is 3.15. The molecule has 2 aromatic rings. The Morgan fingerprint density at radius 1 is 1.10 bits per heavy atom. The van der Waals surface area contributed by atoms with E-state index in [1.807, 2.05) is 24.3 Å². The molecule has 21 heavy (non-hydrogen) atoms. The lowest BCUT2D eigenvalue weighted by Gasteiger charge is -2.16. The van der Waals surface area contributed by atoms with Crippen LogP contribution in [0.2, 0.25) is 5.02 Å². The molecule has 0 aromatic heterocycles. The summed E-state index contributed by atoms with van der Waals surface area (Å²) >= 11 is 9.32. The molecule has 0 aliphatic rings. The van der Waals surface area contributed by atoms with Crippen molar-refractivity contribution in [2.24, 2.45) is 0 Å². The zero-order valence-corrected chi connectivity index (χ0v) is 14.1. The van der Waals surface area contributed by atoms with Crippen LogP contribution in [-0.2, 0) is 6.42 Å². The average molecular weight is 372 g/mol. The van der Waals surface area contributed by atoms with Gasteiger partial charge in [0.1, 0.15) is 0 Å². The van der Waals surface area contributed by atoms with Crippen molar-refractivity contribution >= 4 is 27.5 Å². The summed E-state index contributed by atoms with van der Waals surface area (Å²) in [5.41, 5.74) is 1.76. The summed E-state index contributed by atoms with van der Waals surface area (Å²) in [4.78, 5) is 0. The predicted molar refractivity (Wildman–Crippen MR) is 87.4 cm³/mol. The molecule has 1 unspecified atom stereocenters. The topological polar surface area (TPSA) is 38.7 Å². The Morgan fingerprint density at radius 2 is 1.67 bits per heavy atom. The van der Waals surface area contributed by atoms with Crippen molar-refractivity contribution in [2.45, 2.75) is 12.5 Å². The first-order valence-electron chi connectivity index (χ1n) is 6.39. The fourth-order valence-electron chi connectivity index (χ4n) is 2.08. The highest BCUT2D eigenvalue weighted by Gasteiger charge is 2.16. The van der Waals surface area contributed by atoms with E-state index in [0.717, 1.165) is 15.6 Å². The maximum atomic E-state index is 10.4. The number of hydrogen-bond acceptors (Lipinski definition) is 3. The lowest BCUT2D eigenvalue weighted by atomic mass is 10.0. The molecule has 2 rings (SSSR count). The van der Waals surface area contributed by atoms with Crippen molar-refractivity contribution < 1.29 is 14.6 Å². The van der Waals surface area contributed by atoms with E-state index in [9.17, 15) is 5.11 Å². The molecule has 0 aliphatic heterocycles. The number of ether oxygens (including phenoxy) is 2. The van der Waals surface area contributed by atoms with Gasteiger partial charge in [0.2, 0.25) is 0 Å². The quantitative estimate of drug-likeness (QED) is 0.847. The molecule has 1 atom stereocenters. The van der Waals surface area contributed by atoms with E-state index in [2.05, 4.69) is 15.9 Å². The number of halogens is 2. The Hall–Kier alpha value is -1.23. The highest BCUT2D eigenvalue weighted by molar-refractivity contribution is 9.10. The van der Waals surface area contributed by atoms with Gasteiger partial charge in [-0.2, -0.15) is 0 Å². The molecule has 0 aliphatic carbocycles. The van der Waals surface area contributed by atoms with Crippen LogP contribution >= 0.6 is 27.5 Å². The van der Waals surface area contributed by atoms with Crippen molar-refractivity contribution in [1.29, 1.82) is 0 Å². The lowest BCUT2D eigenvalue weighted by molar-refractivity contribution is 0.177. The molecule has 1 N–H and O–H groups in total. The number of methoxy groups -OCH3 is 2. The fourth-order valence-corrected chi connectivity index (χ4v) is 2.79. The van der Waals surface area contributed by atoms with Crippen molar-refractivity contribution in [1.82, 2.24) is 0 Å². The van der Waals surface area contributed by atoms with Gasteiger partial charge in [0.25, 0.3) is 0 Å². The lowest BCUT2D eigenvalue weighted by Crippen LogP contribution is -2.04. The number of benzene rings is 2. The number of rotatable bonds is 5. The van der Waals surface area contributed by atoms with Crippen molar-refractivity contribution in [2.75, 3.05) is 14.2 Å². The van der Waals surface area contributed by atoms with Crippen LogP contribution in [0.25, 0.3) is 0 Å². The maximum absolute atomic E-state index is 10.4. The number of aliphatic hydroxyl groups is 1. The molecule has 0 spiro atoms. The standard InChI is InChI=1S/C16H16BrClO3/c1-20-15-8-12(13(17)9-16(15)21-2)14(19)7-10-3-5-11(18)6-4-10/h3-6,8-9,14,19H,7H2,1-2H3. The van der Waals surface area contributed by atoms with Gasteiger partial charge >= 0.3 is 0 Å². The normalized spacial score (nSPS) is 12.0. The first-order valence-corrected chi connectivity index (χ1v) is 7.56. The second-order valence-electron chi connectivity index (χ2n) is 4.58. The van der Waals surface area contributed by atoms with Crippen LogP contribution in [0.4, 0.5) is 0 Å². The third-order valence-corrected chi connectivity index (χ3v) is 4.14. The molecule has 5 heteroatoms. The molecule has 0 heterocycles. The van der Waals surface area contributed by atoms with E-state index in [4.69, 9.17) is 21.1 Å². The van der Waals surface area contributed by atoms with Crippen LogP contribution in [0.5, 0.6) is 11.5 Å². The van der Waals surface area contributed by atoms with Gasteiger partial charge in [-0.25, -0.2) is 0 Å². The summed E-state index contributed by atoms with van der Waals surface area (Å²) in [5, 5.41) is 11.1. The molecule has 0 saturated heterocycles. The van der Waals surface area contributed by atoms with Crippen LogP contribution in [-0.4, -0.2) is 19.3 Å². The summed E-state index contributed by atoms with van der Waals surface area (Å²) in [6.45, 7) is 0. The van der Waals surface area contributed by atoms with Gasteiger partial charge in [-0.3, -0.25) is 0 Å². The van der Waals surface area contributed by atoms with Gasteiger partial charge in [-0.15, -0.1) is 0 Å². The van der Waals surface area contributed by atoms with Crippen LogP contribution < -0.4 is 9.47 Å². The minimum absolute atomic E-state index is 0.491. The Bertz CT molecular complexity index is 614. The van der Waals surface area contributed by atoms with E-state index in [-0.39, 0.29) is 0 Å². The Kier molecular flexibility index (Phi) is 5.51. The maximum Gasteiger partial charge on any atom is 0.161 e. The minimum Gasteiger partial charge on any atom is -0.493 e. The van der Waals surface area contributed by atoms with Gasteiger partial charge in [-0.1, -0.05) is 39.7 Å². The fraction of sp³-hybridized carbons (Fsp3) is 0.250. The highest BCUT2D eigenvalue weighted by Crippen LogP contribution is 2.36. The van der Waals surface area contributed by atoms with E-state index in [1.165, 1.54) is 0 Å². The van der Waals surface area contributed by atoms with Gasteiger partial charge < -0.3 is 14.6 Å². The Labute approximate surface area is 137 Å². The molecule has 0 amide bonds. The first-order chi connectivity index (χ1) is 10.0. The number of hydrogen-bond donors (Lipinski definition) is 1. The average Bonchev–Trinajstić information content (AvgIpc) is 2.49. The number of aliphatic hydroxyl groups excluding tert-OH is 1. The molecular formula is C16H16BrClO3. The summed E-state index contributed by atoms with van der Waals surface area (Å²) in [6.07, 6.45) is -0.161. The third kappa shape index (κ3) is 3.90. The molecular weight excluding hydrogens is 356 g/mol. The summed E-state index contributed by atoms with van der Waals surface area (Å²) in [5.74, 6) is 1.21.